The lowest BCUT2D eigenvalue weighted by atomic mass is 10.1. The van der Waals surface area contributed by atoms with Crippen molar-refractivity contribution in [2.24, 2.45) is 0 Å². The molecule has 0 aliphatic carbocycles. The Morgan fingerprint density at radius 1 is 0.952 bits per heavy atom. The van der Waals surface area contributed by atoms with Crippen LogP contribution in [0.15, 0.2) is 53.0 Å². The molecule has 0 heterocycles. The molecule has 0 bridgehead atoms. The van der Waals surface area contributed by atoms with Crippen LogP contribution < -0.4 is 0 Å². The molecule has 0 radical (unpaired) electrons. The zero-order chi connectivity index (χ0) is 15.2. The Labute approximate surface area is 133 Å². The molecule has 4 heteroatoms. The molecule has 0 fully saturated rings. The monoisotopic (exact) mass is 347 g/mol. The summed E-state index contributed by atoms with van der Waals surface area (Å²) in [6.07, 6.45) is 0.0784. The third-order valence-electron chi connectivity index (χ3n) is 3.20. The van der Waals surface area contributed by atoms with E-state index in [-0.39, 0.29) is 6.42 Å². The van der Waals surface area contributed by atoms with Crippen molar-refractivity contribution in [3.8, 4) is 0 Å². The highest BCUT2D eigenvalue weighted by atomic mass is 79.9. The van der Waals surface area contributed by atoms with Crippen LogP contribution in [0.25, 0.3) is 0 Å². The average molecular weight is 348 g/mol. The van der Waals surface area contributed by atoms with Gasteiger partial charge in [0.15, 0.2) is 0 Å². The van der Waals surface area contributed by atoms with Gasteiger partial charge in [-0.2, -0.15) is 0 Å². The SMILES string of the molecule is CN(Cc1ccc(Br)cc1)Cc1ccc(CC(=O)O)cc1. The summed E-state index contributed by atoms with van der Waals surface area (Å²) < 4.78 is 1.09. The van der Waals surface area contributed by atoms with Gasteiger partial charge in [0.25, 0.3) is 0 Å². The Morgan fingerprint density at radius 3 is 1.86 bits per heavy atom. The van der Waals surface area contributed by atoms with Gasteiger partial charge in [0, 0.05) is 17.6 Å². The van der Waals surface area contributed by atoms with E-state index in [4.69, 9.17) is 5.11 Å². The van der Waals surface area contributed by atoms with Gasteiger partial charge in [0.05, 0.1) is 6.42 Å². The number of benzene rings is 2. The van der Waals surface area contributed by atoms with Gasteiger partial charge in [-0.15, -0.1) is 0 Å². The minimum Gasteiger partial charge on any atom is -0.481 e. The second-order valence-electron chi connectivity index (χ2n) is 5.19. The molecular formula is C17H18BrNO2. The summed E-state index contributed by atoms with van der Waals surface area (Å²) in [6, 6.07) is 16.1. The molecule has 2 rings (SSSR count). The molecule has 2 aromatic rings. The maximum absolute atomic E-state index is 10.6. The molecule has 0 aromatic heterocycles. The normalized spacial score (nSPS) is 10.8. The van der Waals surface area contributed by atoms with Crippen molar-refractivity contribution >= 4 is 21.9 Å². The first-order chi connectivity index (χ1) is 10.0. The highest BCUT2D eigenvalue weighted by Crippen LogP contribution is 2.13. The van der Waals surface area contributed by atoms with Gasteiger partial charge < -0.3 is 5.11 Å². The van der Waals surface area contributed by atoms with E-state index >= 15 is 0 Å². The highest BCUT2D eigenvalue weighted by Gasteiger charge is 2.04. The molecule has 0 aliphatic rings. The maximum atomic E-state index is 10.6. The second-order valence-corrected chi connectivity index (χ2v) is 6.10. The smallest absolute Gasteiger partial charge is 0.307 e. The molecule has 3 nitrogen and oxygen atoms in total. The summed E-state index contributed by atoms with van der Waals surface area (Å²) in [7, 11) is 2.08. The van der Waals surface area contributed by atoms with Crippen LogP contribution in [0.2, 0.25) is 0 Å². The van der Waals surface area contributed by atoms with Crippen molar-refractivity contribution in [1.29, 1.82) is 0 Å². The van der Waals surface area contributed by atoms with Gasteiger partial charge in [-0.3, -0.25) is 9.69 Å². The van der Waals surface area contributed by atoms with E-state index in [9.17, 15) is 4.79 Å². The van der Waals surface area contributed by atoms with Gasteiger partial charge in [0.1, 0.15) is 0 Å². The Bertz CT molecular complexity index is 593. The van der Waals surface area contributed by atoms with Crippen molar-refractivity contribution in [3.05, 3.63) is 69.7 Å². The van der Waals surface area contributed by atoms with E-state index < -0.39 is 5.97 Å². The number of carbonyl (C=O) groups is 1. The lowest BCUT2D eigenvalue weighted by Gasteiger charge is -2.17. The van der Waals surface area contributed by atoms with Crippen molar-refractivity contribution < 1.29 is 9.90 Å². The fraction of sp³-hybridized carbons (Fsp3) is 0.235. The minimum atomic E-state index is -0.796. The lowest BCUT2D eigenvalue weighted by molar-refractivity contribution is -0.136. The van der Waals surface area contributed by atoms with Crippen LogP contribution in [0, 0.1) is 0 Å². The van der Waals surface area contributed by atoms with Crippen LogP contribution in [0.5, 0.6) is 0 Å². The van der Waals surface area contributed by atoms with Gasteiger partial charge >= 0.3 is 5.97 Å². The summed E-state index contributed by atoms with van der Waals surface area (Å²) in [5, 5.41) is 8.75. The van der Waals surface area contributed by atoms with E-state index in [0.717, 1.165) is 23.1 Å². The number of nitrogens with zero attached hydrogens (tertiary/aromatic N) is 1. The first kappa shape index (κ1) is 15.7. The first-order valence-corrected chi connectivity index (χ1v) is 7.55. The van der Waals surface area contributed by atoms with Crippen LogP contribution in [-0.4, -0.2) is 23.0 Å². The number of carboxylic acids is 1. The Balaban J connectivity index is 1.91. The summed E-state index contributed by atoms with van der Waals surface area (Å²) in [4.78, 5) is 12.9. The van der Waals surface area contributed by atoms with Gasteiger partial charge in [-0.1, -0.05) is 52.3 Å². The van der Waals surface area contributed by atoms with Crippen molar-refractivity contribution in [2.75, 3.05) is 7.05 Å². The molecular weight excluding hydrogens is 330 g/mol. The largest absolute Gasteiger partial charge is 0.481 e. The Hall–Kier alpha value is -1.65. The first-order valence-electron chi connectivity index (χ1n) is 6.75. The van der Waals surface area contributed by atoms with E-state index in [1.807, 2.05) is 36.4 Å². The Morgan fingerprint density at radius 2 is 1.38 bits per heavy atom. The summed E-state index contributed by atoms with van der Waals surface area (Å²) in [6.45, 7) is 1.72. The lowest BCUT2D eigenvalue weighted by Crippen LogP contribution is -2.17. The maximum Gasteiger partial charge on any atom is 0.307 e. The van der Waals surface area contributed by atoms with Crippen LogP contribution in [0.4, 0.5) is 0 Å². The molecule has 110 valence electrons. The number of hydrogen-bond acceptors (Lipinski definition) is 2. The fourth-order valence-electron chi connectivity index (χ4n) is 2.21. The van der Waals surface area contributed by atoms with Gasteiger partial charge in [0.2, 0.25) is 0 Å². The van der Waals surface area contributed by atoms with Crippen LogP contribution in [0.1, 0.15) is 16.7 Å². The molecule has 0 saturated carbocycles. The van der Waals surface area contributed by atoms with Gasteiger partial charge in [-0.25, -0.2) is 0 Å². The van der Waals surface area contributed by atoms with Crippen molar-refractivity contribution in [1.82, 2.24) is 4.90 Å². The molecule has 0 atom stereocenters. The molecule has 2 aromatic carbocycles. The number of halogens is 1. The van der Waals surface area contributed by atoms with Crippen molar-refractivity contribution in [3.63, 3.8) is 0 Å². The number of aliphatic carboxylic acids is 1. The van der Waals surface area contributed by atoms with Crippen LogP contribution >= 0.6 is 15.9 Å². The van der Waals surface area contributed by atoms with Crippen LogP contribution in [-0.2, 0) is 24.3 Å². The molecule has 1 N–H and O–H groups in total. The van der Waals surface area contributed by atoms with E-state index in [2.05, 4.69) is 40.0 Å². The van der Waals surface area contributed by atoms with E-state index in [0.29, 0.717) is 0 Å². The number of hydrogen-bond donors (Lipinski definition) is 1. The average Bonchev–Trinajstić information content (AvgIpc) is 2.43. The molecule has 0 saturated heterocycles. The Kier molecular flexibility index (Phi) is 5.53. The van der Waals surface area contributed by atoms with E-state index in [1.165, 1.54) is 11.1 Å². The molecule has 0 aliphatic heterocycles. The van der Waals surface area contributed by atoms with Crippen LogP contribution in [0.3, 0.4) is 0 Å². The van der Waals surface area contributed by atoms with Gasteiger partial charge in [-0.05, 0) is 35.9 Å². The molecule has 21 heavy (non-hydrogen) atoms. The molecule has 0 spiro atoms. The molecule has 0 amide bonds. The second kappa shape index (κ2) is 7.38. The summed E-state index contributed by atoms with van der Waals surface area (Å²) in [5.74, 6) is -0.796. The van der Waals surface area contributed by atoms with Crippen molar-refractivity contribution in [2.45, 2.75) is 19.5 Å². The third-order valence-corrected chi connectivity index (χ3v) is 3.73. The fourth-order valence-corrected chi connectivity index (χ4v) is 2.47. The highest BCUT2D eigenvalue weighted by molar-refractivity contribution is 9.10. The summed E-state index contributed by atoms with van der Waals surface area (Å²) >= 11 is 3.43. The standard InChI is InChI=1S/C17H18BrNO2/c1-19(12-15-6-8-16(18)9-7-15)11-14-4-2-13(3-5-14)10-17(20)21/h2-9H,10-12H2,1H3,(H,20,21). The predicted molar refractivity (Wildman–Crippen MR) is 87.1 cm³/mol. The zero-order valence-electron chi connectivity index (χ0n) is 11.9. The predicted octanol–water partition coefficient (Wildman–Crippen LogP) is 3.71. The number of carboxylic acid groups (broad SMARTS) is 1. The third kappa shape index (κ3) is 5.33. The quantitative estimate of drug-likeness (QED) is 0.865. The zero-order valence-corrected chi connectivity index (χ0v) is 13.5. The number of rotatable bonds is 6. The topological polar surface area (TPSA) is 40.5 Å². The minimum absolute atomic E-state index is 0.0784. The summed E-state index contributed by atoms with van der Waals surface area (Å²) in [5.41, 5.74) is 3.29. The molecule has 0 unspecified atom stereocenters. The van der Waals surface area contributed by atoms with E-state index in [1.54, 1.807) is 0 Å².